The van der Waals surface area contributed by atoms with Crippen molar-refractivity contribution in [1.82, 2.24) is 4.57 Å². The van der Waals surface area contributed by atoms with Crippen molar-refractivity contribution in [2.24, 2.45) is 5.73 Å². The number of hydrogen-bond acceptors (Lipinski definition) is 1. The fraction of sp³-hybridized carbons (Fsp3) is 0.273. The fourth-order valence-corrected chi connectivity index (χ4v) is 1.54. The van der Waals surface area contributed by atoms with Gasteiger partial charge in [0, 0.05) is 18.9 Å². The van der Waals surface area contributed by atoms with Gasteiger partial charge in [-0.2, -0.15) is 0 Å². The van der Waals surface area contributed by atoms with Gasteiger partial charge in [-0.3, -0.25) is 0 Å². The summed E-state index contributed by atoms with van der Waals surface area (Å²) in [6.45, 7) is 1.78. The van der Waals surface area contributed by atoms with Crippen LogP contribution in [0.3, 0.4) is 0 Å². The largest absolute Gasteiger partial charge is 0.353 e. The van der Waals surface area contributed by atoms with E-state index in [-0.39, 0.29) is 0 Å². The molecule has 2 N–H and O–H groups in total. The highest BCUT2D eigenvalue weighted by molar-refractivity contribution is 5.81. The maximum Gasteiger partial charge on any atom is 0.0232 e. The predicted octanol–water partition coefficient (Wildman–Crippen LogP) is 1.99. The third kappa shape index (κ3) is 1.73. The van der Waals surface area contributed by atoms with Crippen LogP contribution in [0.15, 0.2) is 36.7 Å². The number of hydrogen-bond donors (Lipinski definition) is 1. The van der Waals surface area contributed by atoms with Gasteiger partial charge in [0.2, 0.25) is 0 Å². The van der Waals surface area contributed by atoms with Crippen LogP contribution in [0, 0.1) is 0 Å². The minimum atomic E-state index is 0.758. The molecule has 0 saturated heterocycles. The maximum absolute atomic E-state index is 5.46. The summed E-state index contributed by atoms with van der Waals surface area (Å²) in [5, 5.41) is 2.61. The molecule has 2 nitrogen and oxygen atoms in total. The molecular weight excluding hydrogens is 160 g/mol. The zero-order chi connectivity index (χ0) is 9.10. The molecule has 0 saturated carbocycles. The molecule has 2 rings (SSSR count). The zero-order valence-corrected chi connectivity index (χ0v) is 7.61. The van der Waals surface area contributed by atoms with Crippen molar-refractivity contribution in [3.05, 3.63) is 36.7 Å². The van der Waals surface area contributed by atoms with E-state index in [0.29, 0.717) is 0 Å². The number of nitrogens with two attached hydrogens (primary N) is 1. The topological polar surface area (TPSA) is 30.9 Å². The summed E-state index contributed by atoms with van der Waals surface area (Å²) < 4.78 is 2.21. The lowest BCUT2D eigenvalue weighted by Gasteiger charge is -1.98. The van der Waals surface area contributed by atoms with Crippen molar-refractivity contribution in [1.29, 1.82) is 0 Å². The third-order valence-electron chi connectivity index (χ3n) is 2.23. The van der Waals surface area contributed by atoms with Crippen molar-refractivity contribution in [2.75, 3.05) is 6.54 Å². The third-order valence-corrected chi connectivity index (χ3v) is 2.23. The van der Waals surface area contributed by atoms with Gasteiger partial charge in [0.15, 0.2) is 0 Å². The number of aryl methyl sites for hydroxylation is 1. The summed E-state index contributed by atoms with van der Waals surface area (Å²) in [7, 11) is 0. The van der Waals surface area contributed by atoms with Crippen LogP contribution in [-0.4, -0.2) is 11.1 Å². The quantitative estimate of drug-likeness (QED) is 0.758. The van der Waals surface area contributed by atoms with Crippen LogP contribution in [0.4, 0.5) is 0 Å². The highest BCUT2D eigenvalue weighted by Crippen LogP contribution is 2.14. The van der Waals surface area contributed by atoms with Crippen LogP contribution in [0.25, 0.3) is 10.8 Å². The Kier molecular flexibility index (Phi) is 2.32. The molecule has 0 amide bonds. The van der Waals surface area contributed by atoms with Crippen LogP contribution in [0.1, 0.15) is 6.42 Å². The molecule has 68 valence electrons. The Labute approximate surface area is 78.0 Å². The lowest BCUT2D eigenvalue weighted by molar-refractivity contribution is 0.656. The second-order valence-electron chi connectivity index (χ2n) is 3.27. The number of aromatic nitrogens is 1. The lowest BCUT2D eigenvalue weighted by atomic mass is 10.2. The van der Waals surface area contributed by atoms with Crippen molar-refractivity contribution < 1.29 is 0 Å². The normalized spacial score (nSPS) is 10.8. The van der Waals surface area contributed by atoms with E-state index in [1.54, 1.807) is 0 Å². The van der Waals surface area contributed by atoms with Gasteiger partial charge in [-0.25, -0.2) is 0 Å². The smallest absolute Gasteiger partial charge is 0.0232 e. The standard InChI is InChI=1S/C11H14N2/c12-6-3-7-13-8-10-4-1-2-5-11(10)9-13/h1-2,4-5,8-9H,3,6-7,12H2. The molecule has 0 aliphatic heterocycles. The Morgan fingerprint density at radius 1 is 1.08 bits per heavy atom. The highest BCUT2D eigenvalue weighted by atomic mass is 14.9. The van der Waals surface area contributed by atoms with Gasteiger partial charge in [-0.05, 0) is 23.7 Å². The van der Waals surface area contributed by atoms with Crippen LogP contribution >= 0.6 is 0 Å². The van der Waals surface area contributed by atoms with Gasteiger partial charge in [-0.15, -0.1) is 0 Å². The van der Waals surface area contributed by atoms with Crippen LogP contribution in [0.2, 0.25) is 0 Å². The van der Waals surface area contributed by atoms with E-state index in [2.05, 4.69) is 41.2 Å². The van der Waals surface area contributed by atoms with E-state index >= 15 is 0 Å². The first-order valence-corrected chi connectivity index (χ1v) is 4.65. The molecular formula is C11H14N2. The molecule has 0 aliphatic carbocycles. The summed E-state index contributed by atoms with van der Waals surface area (Å²) in [4.78, 5) is 0. The van der Waals surface area contributed by atoms with Crippen molar-refractivity contribution in [3.63, 3.8) is 0 Å². The maximum atomic E-state index is 5.46. The number of nitrogens with zero attached hydrogens (tertiary/aromatic N) is 1. The molecule has 0 unspecified atom stereocenters. The molecule has 1 aromatic carbocycles. The Morgan fingerprint density at radius 2 is 1.69 bits per heavy atom. The Hall–Kier alpha value is -1.28. The first kappa shape index (κ1) is 8.32. The van der Waals surface area contributed by atoms with E-state index < -0.39 is 0 Å². The first-order valence-electron chi connectivity index (χ1n) is 4.65. The Balaban J connectivity index is 2.28. The van der Waals surface area contributed by atoms with E-state index in [0.717, 1.165) is 19.5 Å². The molecule has 2 heteroatoms. The highest BCUT2D eigenvalue weighted by Gasteiger charge is 1.95. The monoisotopic (exact) mass is 174 g/mol. The summed E-state index contributed by atoms with van der Waals surface area (Å²) in [6.07, 6.45) is 5.39. The summed E-state index contributed by atoms with van der Waals surface area (Å²) in [6, 6.07) is 8.40. The Bertz CT molecular complexity index is 357. The van der Waals surface area contributed by atoms with Gasteiger partial charge in [0.05, 0.1) is 0 Å². The van der Waals surface area contributed by atoms with Crippen molar-refractivity contribution in [3.8, 4) is 0 Å². The number of benzene rings is 1. The second-order valence-corrected chi connectivity index (χ2v) is 3.27. The molecule has 1 aromatic heterocycles. The van der Waals surface area contributed by atoms with Gasteiger partial charge < -0.3 is 10.3 Å². The van der Waals surface area contributed by atoms with E-state index in [4.69, 9.17) is 5.73 Å². The molecule has 0 fully saturated rings. The van der Waals surface area contributed by atoms with Gasteiger partial charge in [0.25, 0.3) is 0 Å². The predicted molar refractivity (Wildman–Crippen MR) is 55.6 cm³/mol. The average molecular weight is 174 g/mol. The fourth-order valence-electron chi connectivity index (χ4n) is 1.54. The minimum absolute atomic E-state index is 0.758. The van der Waals surface area contributed by atoms with Crippen molar-refractivity contribution >= 4 is 10.8 Å². The molecule has 0 radical (unpaired) electrons. The lowest BCUT2D eigenvalue weighted by Crippen LogP contribution is -2.03. The second kappa shape index (κ2) is 3.62. The summed E-state index contributed by atoms with van der Waals surface area (Å²) >= 11 is 0. The zero-order valence-electron chi connectivity index (χ0n) is 7.61. The Morgan fingerprint density at radius 3 is 2.23 bits per heavy atom. The van der Waals surface area contributed by atoms with Gasteiger partial charge >= 0.3 is 0 Å². The SMILES string of the molecule is NCCCn1cc2ccccc2c1. The van der Waals surface area contributed by atoms with Crippen molar-refractivity contribution in [2.45, 2.75) is 13.0 Å². The van der Waals surface area contributed by atoms with Crippen LogP contribution in [0.5, 0.6) is 0 Å². The molecule has 0 bridgehead atoms. The van der Waals surface area contributed by atoms with Crippen LogP contribution in [-0.2, 0) is 6.54 Å². The molecule has 0 spiro atoms. The number of rotatable bonds is 3. The van der Waals surface area contributed by atoms with Crippen LogP contribution < -0.4 is 5.73 Å². The summed E-state index contributed by atoms with van der Waals surface area (Å²) in [5.41, 5.74) is 5.46. The first-order chi connectivity index (χ1) is 6.40. The number of fused-ring (bicyclic) bond motifs is 1. The molecule has 0 atom stereocenters. The van der Waals surface area contributed by atoms with Gasteiger partial charge in [-0.1, -0.05) is 24.3 Å². The van der Waals surface area contributed by atoms with E-state index in [1.165, 1.54) is 10.8 Å². The molecule has 1 heterocycles. The van der Waals surface area contributed by atoms with E-state index in [1.807, 2.05) is 0 Å². The summed E-state index contributed by atoms with van der Waals surface area (Å²) in [5.74, 6) is 0. The average Bonchev–Trinajstić information content (AvgIpc) is 2.57. The molecule has 13 heavy (non-hydrogen) atoms. The van der Waals surface area contributed by atoms with Gasteiger partial charge in [0.1, 0.15) is 0 Å². The molecule has 2 aromatic rings. The minimum Gasteiger partial charge on any atom is -0.353 e. The molecule has 0 aliphatic rings. The van der Waals surface area contributed by atoms with E-state index in [9.17, 15) is 0 Å².